The standard InChI is InChI=1S/C16H28N5O7P/c1-8(2)28-14(24)9(3)20-29(4,26)27-6-10-5-11(13(23)12(10)22)21-7-18-15(17)19-16(21)25/h7-13,22-23H,5-6H2,1-4H3,(H,20,26)(H2,17,19,25)/t9-,10+,11+,12-,13?,29?/m0/s1. The minimum absolute atomic E-state index is 0.161. The number of nitrogens with two attached hydrogens (primary N) is 1. The van der Waals surface area contributed by atoms with Crippen molar-refractivity contribution in [2.45, 2.75) is 57.6 Å². The molecule has 0 spiro atoms. The zero-order valence-corrected chi connectivity index (χ0v) is 17.7. The van der Waals surface area contributed by atoms with Gasteiger partial charge in [-0.05, 0) is 27.2 Å². The minimum atomic E-state index is -3.41. The van der Waals surface area contributed by atoms with Gasteiger partial charge in [0.2, 0.25) is 5.95 Å². The molecule has 1 aromatic rings. The summed E-state index contributed by atoms with van der Waals surface area (Å²) in [7, 11) is -3.41. The number of esters is 1. The number of anilines is 1. The molecule has 0 saturated heterocycles. The van der Waals surface area contributed by atoms with Crippen molar-refractivity contribution in [3.63, 3.8) is 0 Å². The number of ether oxygens (including phenoxy) is 1. The topological polar surface area (TPSA) is 179 Å². The van der Waals surface area contributed by atoms with Gasteiger partial charge in [0.1, 0.15) is 18.5 Å². The maximum Gasteiger partial charge on any atom is 0.352 e. The van der Waals surface area contributed by atoms with Crippen LogP contribution >= 0.6 is 7.52 Å². The molecular formula is C16H28N5O7P. The van der Waals surface area contributed by atoms with E-state index in [1.165, 1.54) is 13.6 Å². The zero-order chi connectivity index (χ0) is 21.9. The molecule has 1 aliphatic rings. The van der Waals surface area contributed by atoms with Crippen LogP contribution in [0.5, 0.6) is 0 Å². The van der Waals surface area contributed by atoms with Crippen LogP contribution in [-0.4, -0.2) is 68.3 Å². The molecule has 0 aromatic carbocycles. The lowest BCUT2D eigenvalue weighted by molar-refractivity contribution is -0.149. The highest BCUT2D eigenvalue weighted by Crippen LogP contribution is 2.42. The normalized spacial score (nSPS) is 27.6. The molecule has 2 unspecified atom stereocenters. The zero-order valence-electron chi connectivity index (χ0n) is 16.8. The Labute approximate surface area is 167 Å². The van der Waals surface area contributed by atoms with Crippen molar-refractivity contribution >= 4 is 19.4 Å². The highest BCUT2D eigenvalue weighted by atomic mass is 31.2. The van der Waals surface area contributed by atoms with Crippen LogP contribution in [0.4, 0.5) is 5.95 Å². The Hall–Kier alpha value is -1.85. The molecule has 12 nitrogen and oxygen atoms in total. The Morgan fingerprint density at radius 1 is 1.41 bits per heavy atom. The molecule has 13 heteroatoms. The third-order valence-corrected chi connectivity index (χ3v) is 6.04. The molecule has 0 bridgehead atoms. The number of aliphatic hydroxyl groups excluding tert-OH is 2. The predicted molar refractivity (Wildman–Crippen MR) is 103 cm³/mol. The predicted octanol–water partition coefficient (Wildman–Crippen LogP) is -0.727. The van der Waals surface area contributed by atoms with E-state index in [9.17, 15) is 24.4 Å². The molecule has 2 rings (SSSR count). The summed E-state index contributed by atoms with van der Waals surface area (Å²) in [6.07, 6.45) is -1.47. The number of rotatable bonds is 8. The first kappa shape index (κ1) is 23.4. The summed E-state index contributed by atoms with van der Waals surface area (Å²) < 4.78 is 24.2. The van der Waals surface area contributed by atoms with Crippen molar-refractivity contribution in [1.82, 2.24) is 19.6 Å². The lowest BCUT2D eigenvalue weighted by Gasteiger charge is -2.23. The largest absolute Gasteiger partial charge is 0.462 e. The van der Waals surface area contributed by atoms with Gasteiger partial charge in [-0.3, -0.25) is 13.9 Å². The van der Waals surface area contributed by atoms with Gasteiger partial charge < -0.3 is 25.2 Å². The fourth-order valence-electron chi connectivity index (χ4n) is 3.14. The molecule has 29 heavy (non-hydrogen) atoms. The van der Waals surface area contributed by atoms with E-state index in [0.29, 0.717) is 0 Å². The van der Waals surface area contributed by atoms with Crippen LogP contribution in [0, 0.1) is 5.92 Å². The van der Waals surface area contributed by atoms with Gasteiger partial charge in [-0.25, -0.2) is 14.9 Å². The highest BCUT2D eigenvalue weighted by Gasteiger charge is 2.43. The second-order valence-electron chi connectivity index (χ2n) is 7.43. The van der Waals surface area contributed by atoms with Crippen molar-refractivity contribution < 1.29 is 28.8 Å². The van der Waals surface area contributed by atoms with Gasteiger partial charge in [-0.15, -0.1) is 0 Å². The molecule has 1 aromatic heterocycles. The van der Waals surface area contributed by atoms with Gasteiger partial charge in [0.25, 0.3) is 7.52 Å². The average molecular weight is 433 g/mol. The van der Waals surface area contributed by atoms with E-state index in [1.807, 2.05) is 0 Å². The van der Waals surface area contributed by atoms with Crippen LogP contribution in [0.3, 0.4) is 0 Å². The smallest absolute Gasteiger partial charge is 0.352 e. The number of hydrogen-bond acceptors (Lipinski definition) is 10. The number of aromatic nitrogens is 3. The van der Waals surface area contributed by atoms with E-state index in [0.717, 1.165) is 10.9 Å². The summed E-state index contributed by atoms with van der Waals surface area (Å²) in [4.78, 5) is 31.1. The Morgan fingerprint density at radius 2 is 2.07 bits per heavy atom. The van der Waals surface area contributed by atoms with Gasteiger partial charge in [-0.2, -0.15) is 4.98 Å². The van der Waals surface area contributed by atoms with Gasteiger partial charge >= 0.3 is 11.7 Å². The molecule has 0 aliphatic heterocycles. The quantitative estimate of drug-likeness (QED) is 0.300. The SMILES string of the molecule is CC(C)OC(=O)[C@H](C)NP(C)(=O)OC[C@H]1C[C@@H](n2cnc(N)nc2=O)C(O)[C@H]1O. The summed E-state index contributed by atoms with van der Waals surface area (Å²) in [5.74, 6) is -1.36. The van der Waals surface area contributed by atoms with E-state index in [4.69, 9.17) is 15.0 Å². The van der Waals surface area contributed by atoms with E-state index in [2.05, 4.69) is 15.1 Å². The van der Waals surface area contributed by atoms with Gasteiger partial charge in [0.15, 0.2) is 0 Å². The number of carbonyl (C=O) groups excluding carboxylic acids is 1. The Balaban J connectivity index is 1.98. The van der Waals surface area contributed by atoms with Crippen LogP contribution in [0.1, 0.15) is 33.2 Å². The summed E-state index contributed by atoms with van der Waals surface area (Å²) >= 11 is 0. The number of hydrogen-bond donors (Lipinski definition) is 4. The second kappa shape index (κ2) is 9.31. The summed E-state index contributed by atoms with van der Waals surface area (Å²) in [5.41, 5.74) is 4.66. The molecule has 0 amide bonds. The van der Waals surface area contributed by atoms with Crippen LogP contribution in [0.25, 0.3) is 0 Å². The first-order valence-corrected chi connectivity index (χ1v) is 11.3. The van der Waals surface area contributed by atoms with Crippen LogP contribution < -0.4 is 16.5 Å². The van der Waals surface area contributed by atoms with Crippen molar-refractivity contribution in [3.05, 3.63) is 16.8 Å². The number of nitrogens with one attached hydrogen (secondary N) is 1. The van der Waals surface area contributed by atoms with Crippen molar-refractivity contribution in [3.8, 4) is 0 Å². The number of aliphatic hydroxyl groups is 2. The van der Waals surface area contributed by atoms with E-state index < -0.39 is 49.4 Å². The molecule has 1 saturated carbocycles. The first-order valence-electron chi connectivity index (χ1n) is 9.18. The number of nitrogens with zero attached hydrogens (tertiary/aromatic N) is 3. The Bertz CT molecular complexity index is 832. The van der Waals surface area contributed by atoms with E-state index in [-0.39, 0.29) is 25.1 Å². The third-order valence-electron chi connectivity index (χ3n) is 4.54. The van der Waals surface area contributed by atoms with Crippen LogP contribution in [-0.2, 0) is 18.6 Å². The summed E-state index contributed by atoms with van der Waals surface area (Å²) in [6, 6.07) is -1.64. The number of carbonyl (C=O) groups is 1. The van der Waals surface area contributed by atoms with Crippen LogP contribution in [0.15, 0.2) is 11.1 Å². The first-order chi connectivity index (χ1) is 13.4. The molecule has 1 fully saturated rings. The molecule has 164 valence electrons. The third kappa shape index (κ3) is 6.06. The van der Waals surface area contributed by atoms with E-state index >= 15 is 0 Å². The molecule has 6 atom stereocenters. The molecular weight excluding hydrogens is 405 g/mol. The van der Waals surface area contributed by atoms with Crippen molar-refractivity contribution in [2.75, 3.05) is 19.0 Å². The Morgan fingerprint density at radius 3 is 2.66 bits per heavy atom. The fraction of sp³-hybridized carbons (Fsp3) is 0.750. The lowest BCUT2D eigenvalue weighted by Crippen LogP contribution is -2.36. The van der Waals surface area contributed by atoms with Gasteiger partial charge in [0.05, 0.1) is 24.9 Å². The van der Waals surface area contributed by atoms with E-state index in [1.54, 1.807) is 13.8 Å². The maximum absolute atomic E-state index is 12.6. The van der Waals surface area contributed by atoms with Crippen LogP contribution in [0.2, 0.25) is 0 Å². The highest BCUT2D eigenvalue weighted by molar-refractivity contribution is 7.56. The molecule has 5 N–H and O–H groups in total. The average Bonchev–Trinajstić information content (AvgIpc) is 2.87. The number of nitrogen functional groups attached to an aromatic ring is 1. The van der Waals surface area contributed by atoms with Crippen molar-refractivity contribution in [1.29, 1.82) is 0 Å². The van der Waals surface area contributed by atoms with Crippen molar-refractivity contribution in [2.24, 2.45) is 5.92 Å². The lowest BCUT2D eigenvalue weighted by atomic mass is 10.1. The molecule has 1 aliphatic carbocycles. The summed E-state index contributed by atoms with van der Waals surface area (Å²) in [5, 5.41) is 23.2. The molecule has 0 radical (unpaired) electrons. The fourth-order valence-corrected chi connectivity index (χ4v) is 4.50. The minimum Gasteiger partial charge on any atom is -0.462 e. The molecule has 1 heterocycles. The van der Waals surface area contributed by atoms with Gasteiger partial charge in [-0.1, -0.05) is 0 Å². The van der Waals surface area contributed by atoms with Gasteiger partial charge in [0, 0.05) is 12.6 Å². The second-order valence-corrected chi connectivity index (χ2v) is 9.63. The Kier molecular flexibility index (Phi) is 7.52. The maximum atomic E-state index is 12.6. The summed E-state index contributed by atoms with van der Waals surface area (Å²) in [6.45, 7) is 6.05. The monoisotopic (exact) mass is 433 g/mol.